The Hall–Kier alpha value is -1.20. The van der Waals surface area contributed by atoms with Crippen molar-refractivity contribution in [2.75, 3.05) is 6.54 Å². The maximum absolute atomic E-state index is 4.58. The molecule has 0 saturated carbocycles. The van der Waals surface area contributed by atoms with Crippen LogP contribution in [-0.2, 0) is 13.0 Å². The van der Waals surface area contributed by atoms with E-state index in [1.54, 1.807) is 11.3 Å². The second-order valence-corrected chi connectivity index (χ2v) is 6.17. The van der Waals surface area contributed by atoms with E-state index in [0.29, 0.717) is 6.04 Å². The topological polar surface area (TPSA) is 42.7 Å². The quantitative estimate of drug-likeness (QED) is 0.811. The van der Waals surface area contributed by atoms with E-state index in [9.17, 15) is 0 Å². The first-order chi connectivity index (χ1) is 9.72. The Morgan fingerprint density at radius 3 is 2.85 bits per heavy atom. The largest absolute Gasteiger partial charge is 0.310 e. The Labute approximate surface area is 125 Å². The Bertz CT molecular complexity index is 517. The van der Waals surface area contributed by atoms with E-state index in [1.165, 1.54) is 11.3 Å². The summed E-state index contributed by atoms with van der Waals surface area (Å²) in [6, 6.07) is 0.307. The van der Waals surface area contributed by atoms with Crippen molar-refractivity contribution in [3.63, 3.8) is 0 Å². The minimum atomic E-state index is 0.307. The third-order valence-corrected chi connectivity index (χ3v) is 4.05. The molecule has 5 heteroatoms. The summed E-state index contributed by atoms with van der Waals surface area (Å²) in [6.45, 7) is 8.43. The Morgan fingerprint density at radius 2 is 2.20 bits per heavy atom. The molecule has 0 fully saturated rings. The van der Waals surface area contributed by atoms with Gasteiger partial charge in [-0.05, 0) is 26.3 Å². The molecule has 0 amide bonds. The van der Waals surface area contributed by atoms with E-state index in [-0.39, 0.29) is 0 Å². The van der Waals surface area contributed by atoms with E-state index in [2.05, 4.69) is 47.7 Å². The molecule has 1 N–H and O–H groups in total. The summed E-state index contributed by atoms with van der Waals surface area (Å²) in [4.78, 5) is 4.58. The van der Waals surface area contributed by atoms with Gasteiger partial charge in [-0.2, -0.15) is 5.10 Å². The Kier molecular flexibility index (Phi) is 5.73. The summed E-state index contributed by atoms with van der Waals surface area (Å²) in [7, 11) is 0. The predicted molar refractivity (Wildman–Crippen MR) is 84.1 cm³/mol. The minimum Gasteiger partial charge on any atom is -0.310 e. The van der Waals surface area contributed by atoms with Gasteiger partial charge < -0.3 is 5.32 Å². The SMILES string of the molecule is CCCNC(Cc1csc(C)n1)c1cnn(CCC)c1. The molecule has 0 spiro atoms. The number of hydrogen-bond acceptors (Lipinski definition) is 4. The lowest BCUT2D eigenvalue weighted by atomic mass is 10.1. The van der Waals surface area contributed by atoms with Crippen LogP contribution in [0.5, 0.6) is 0 Å². The van der Waals surface area contributed by atoms with Crippen LogP contribution in [0.1, 0.15) is 49.0 Å². The summed E-state index contributed by atoms with van der Waals surface area (Å²) < 4.78 is 2.03. The number of aryl methyl sites for hydroxylation is 2. The van der Waals surface area contributed by atoms with Crippen LogP contribution in [0.3, 0.4) is 0 Å². The average Bonchev–Trinajstić information content (AvgIpc) is 3.04. The standard InChI is InChI=1S/C15H24N4S/c1-4-6-16-15(8-14-11-20-12(3)18-14)13-9-17-19(10-13)7-5-2/h9-11,15-16H,4-8H2,1-3H3. The molecular weight excluding hydrogens is 268 g/mol. The number of nitrogens with zero attached hydrogens (tertiary/aromatic N) is 3. The maximum atomic E-state index is 4.58. The fraction of sp³-hybridized carbons (Fsp3) is 0.600. The van der Waals surface area contributed by atoms with Gasteiger partial charge in [0.25, 0.3) is 0 Å². The first-order valence-corrected chi connectivity index (χ1v) is 8.27. The highest BCUT2D eigenvalue weighted by molar-refractivity contribution is 7.09. The van der Waals surface area contributed by atoms with Crippen molar-refractivity contribution in [2.45, 2.75) is 52.6 Å². The molecule has 110 valence electrons. The highest BCUT2D eigenvalue weighted by Crippen LogP contribution is 2.19. The normalized spacial score (nSPS) is 12.8. The van der Waals surface area contributed by atoms with Gasteiger partial charge in [-0.15, -0.1) is 11.3 Å². The molecule has 4 nitrogen and oxygen atoms in total. The van der Waals surface area contributed by atoms with Gasteiger partial charge in [0.05, 0.1) is 16.9 Å². The summed E-state index contributed by atoms with van der Waals surface area (Å²) in [5, 5.41) is 11.3. The van der Waals surface area contributed by atoms with Gasteiger partial charge in [0, 0.05) is 36.1 Å². The van der Waals surface area contributed by atoms with Gasteiger partial charge in [-0.1, -0.05) is 13.8 Å². The van der Waals surface area contributed by atoms with Gasteiger partial charge >= 0.3 is 0 Å². The molecule has 0 aliphatic carbocycles. The van der Waals surface area contributed by atoms with Crippen LogP contribution >= 0.6 is 11.3 Å². The fourth-order valence-corrected chi connectivity index (χ4v) is 2.87. The van der Waals surface area contributed by atoms with Crippen molar-refractivity contribution in [3.05, 3.63) is 34.0 Å². The van der Waals surface area contributed by atoms with Gasteiger partial charge in [-0.3, -0.25) is 4.68 Å². The molecule has 20 heavy (non-hydrogen) atoms. The summed E-state index contributed by atoms with van der Waals surface area (Å²) >= 11 is 1.72. The lowest BCUT2D eigenvalue weighted by molar-refractivity contribution is 0.523. The van der Waals surface area contributed by atoms with Gasteiger partial charge in [0.1, 0.15) is 0 Å². The van der Waals surface area contributed by atoms with Crippen molar-refractivity contribution < 1.29 is 0 Å². The zero-order chi connectivity index (χ0) is 14.4. The number of rotatable bonds is 8. The zero-order valence-corrected chi connectivity index (χ0v) is 13.4. The molecule has 0 aliphatic heterocycles. The van der Waals surface area contributed by atoms with Crippen LogP contribution in [0.2, 0.25) is 0 Å². The summed E-state index contributed by atoms with van der Waals surface area (Å²) in [5.74, 6) is 0. The molecule has 0 aromatic carbocycles. The Morgan fingerprint density at radius 1 is 1.35 bits per heavy atom. The third kappa shape index (κ3) is 4.15. The first kappa shape index (κ1) is 15.2. The highest BCUT2D eigenvalue weighted by Gasteiger charge is 2.15. The minimum absolute atomic E-state index is 0.307. The highest BCUT2D eigenvalue weighted by atomic mass is 32.1. The van der Waals surface area contributed by atoms with Gasteiger partial charge in [0.15, 0.2) is 0 Å². The lowest BCUT2D eigenvalue weighted by Gasteiger charge is -2.15. The van der Waals surface area contributed by atoms with Crippen LogP contribution in [0, 0.1) is 6.92 Å². The fourth-order valence-electron chi connectivity index (χ4n) is 2.25. The number of hydrogen-bond donors (Lipinski definition) is 1. The Balaban J connectivity index is 2.08. The van der Waals surface area contributed by atoms with Gasteiger partial charge in [-0.25, -0.2) is 4.98 Å². The molecule has 1 atom stereocenters. The van der Waals surface area contributed by atoms with E-state index in [4.69, 9.17) is 0 Å². The molecule has 2 aromatic heterocycles. The molecule has 2 rings (SSSR count). The van der Waals surface area contributed by atoms with Crippen LogP contribution in [0.15, 0.2) is 17.8 Å². The van der Waals surface area contributed by atoms with E-state index < -0.39 is 0 Å². The molecule has 0 aliphatic rings. The lowest BCUT2D eigenvalue weighted by Crippen LogP contribution is -2.24. The van der Waals surface area contributed by atoms with Crippen molar-refractivity contribution in [2.24, 2.45) is 0 Å². The van der Waals surface area contributed by atoms with Crippen molar-refractivity contribution in [1.82, 2.24) is 20.1 Å². The molecule has 2 heterocycles. The van der Waals surface area contributed by atoms with Crippen molar-refractivity contribution >= 4 is 11.3 Å². The first-order valence-electron chi connectivity index (χ1n) is 7.39. The van der Waals surface area contributed by atoms with E-state index in [0.717, 1.165) is 37.4 Å². The second-order valence-electron chi connectivity index (χ2n) is 5.11. The van der Waals surface area contributed by atoms with E-state index >= 15 is 0 Å². The van der Waals surface area contributed by atoms with Crippen molar-refractivity contribution in [1.29, 1.82) is 0 Å². The molecule has 1 unspecified atom stereocenters. The monoisotopic (exact) mass is 292 g/mol. The molecular formula is C15H24N4S. The maximum Gasteiger partial charge on any atom is 0.0897 e. The average molecular weight is 292 g/mol. The van der Waals surface area contributed by atoms with E-state index in [1.807, 2.05) is 10.9 Å². The second kappa shape index (κ2) is 7.55. The molecule has 0 saturated heterocycles. The molecule has 0 bridgehead atoms. The smallest absolute Gasteiger partial charge is 0.0897 e. The third-order valence-electron chi connectivity index (χ3n) is 3.23. The van der Waals surface area contributed by atoms with Crippen LogP contribution < -0.4 is 5.32 Å². The van der Waals surface area contributed by atoms with Crippen LogP contribution in [-0.4, -0.2) is 21.3 Å². The van der Waals surface area contributed by atoms with Crippen LogP contribution in [0.25, 0.3) is 0 Å². The summed E-state index contributed by atoms with van der Waals surface area (Å²) in [6.07, 6.45) is 7.33. The number of thiazole rings is 1. The predicted octanol–water partition coefficient (Wildman–Crippen LogP) is 3.34. The van der Waals surface area contributed by atoms with Crippen LogP contribution in [0.4, 0.5) is 0 Å². The molecule has 2 aromatic rings. The number of aromatic nitrogens is 3. The summed E-state index contributed by atoms with van der Waals surface area (Å²) in [5.41, 5.74) is 2.43. The zero-order valence-electron chi connectivity index (χ0n) is 12.6. The number of nitrogens with one attached hydrogen (secondary N) is 1. The molecule has 0 radical (unpaired) electrons. The van der Waals surface area contributed by atoms with Gasteiger partial charge in [0.2, 0.25) is 0 Å². The van der Waals surface area contributed by atoms with Crippen molar-refractivity contribution in [3.8, 4) is 0 Å².